The van der Waals surface area contributed by atoms with Crippen LogP contribution in [0.25, 0.3) is 0 Å². The fourth-order valence-corrected chi connectivity index (χ4v) is 2.07. The Morgan fingerprint density at radius 1 is 1.56 bits per heavy atom. The zero-order chi connectivity index (χ0) is 11.5. The summed E-state index contributed by atoms with van der Waals surface area (Å²) < 4.78 is 0. The molecule has 0 fully saturated rings. The number of halogens is 1. The van der Waals surface area contributed by atoms with E-state index in [9.17, 15) is 4.79 Å². The van der Waals surface area contributed by atoms with E-state index < -0.39 is 5.41 Å². The van der Waals surface area contributed by atoms with Gasteiger partial charge in [-0.2, -0.15) is 0 Å². The lowest BCUT2D eigenvalue weighted by Crippen LogP contribution is -2.42. The van der Waals surface area contributed by atoms with Crippen LogP contribution in [0.2, 0.25) is 0 Å². The van der Waals surface area contributed by atoms with Crippen molar-refractivity contribution in [2.75, 3.05) is 13.6 Å². The van der Waals surface area contributed by atoms with Crippen molar-refractivity contribution < 1.29 is 4.79 Å². The minimum absolute atomic E-state index is 0. The molecule has 0 aliphatic heterocycles. The molecule has 0 aliphatic rings. The summed E-state index contributed by atoms with van der Waals surface area (Å²) in [6, 6.07) is 4.02. The molecule has 0 atom stereocenters. The number of thiophene rings is 1. The molecular weight excluding hydrogens is 244 g/mol. The van der Waals surface area contributed by atoms with Crippen LogP contribution in [0, 0.1) is 5.41 Å². The van der Waals surface area contributed by atoms with Crippen molar-refractivity contribution in [3.8, 4) is 0 Å². The van der Waals surface area contributed by atoms with Crippen LogP contribution in [0.1, 0.15) is 18.7 Å². The van der Waals surface area contributed by atoms with Gasteiger partial charge >= 0.3 is 0 Å². The number of nitrogens with zero attached hydrogens (tertiary/aromatic N) is 1. The zero-order valence-corrected chi connectivity index (χ0v) is 11.5. The Hall–Kier alpha value is -0.580. The first-order valence-electron chi connectivity index (χ1n) is 4.95. The summed E-state index contributed by atoms with van der Waals surface area (Å²) >= 11 is 1.66. The zero-order valence-electron chi connectivity index (χ0n) is 9.90. The SMILES string of the molecule is CN(Cc1cccs1)C(=O)C(C)(C)CN.Cl. The molecule has 0 spiro atoms. The van der Waals surface area contributed by atoms with Gasteiger partial charge in [0.05, 0.1) is 12.0 Å². The third kappa shape index (κ3) is 3.77. The van der Waals surface area contributed by atoms with Gasteiger partial charge in [0.1, 0.15) is 0 Å². The lowest BCUT2D eigenvalue weighted by atomic mass is 9.92. The highest BCUT2D eigenvalue weighted by atomic mass is 35.5. The predicted molar refractivity (Wildman–Crippen MR) is 70.9 cm³/mol. The molecule has 0 saturated heterocycles. The van der Waals surface area contributed by atoms with Crippen molar-refractivity contribution in [3.05, 3.63) is 22.4 Å². The summed E-state index contributed by atoms with van der Waals surface area (Å²) in [7, 11) is 1.82. The number of hydrogen-bond donors (Lipinski definition) is 1. The van der Waals surface area contributed by atoms with Gasteiger partial charge in [-0.25, -0.2) is 0 Å². The lowest BCUT2D eigenvalue weighted by Gasteiger charge is -2.27. The first kappa shape index (κ1) is 15.4. The van der Waals surface area contributed by atoms with Gasteiger partial charge in [-0.3, -0.25) is 4.79 Å². The molecule has 1 amide bonds. The molecule has 0 unspecified atom stereocenters. The van der Waals surface area contributed by atoms with Crippen LogP contribution in [0.5, 0.6) is 0 Å². The second kappa shape index (κ2) is 6.23. The van der Waals surface area contributed by atoms with Crippen molar-refractivity contribution in [2.45, 2.75) is 20.4 Å². The van der Waals surface area contributed by atoms with E-state index in [0.717, 1.165) is 0 Å². The Morgan fingerprint density at radius 3 is 2.62 bits per heavy atom. The normalized spacial score (nSPS) is 10.8. The summed E-state index contributed by atoms with van der Waals surface area (Å²) in [4.78, 5) is 14.9. The van der Waals surface area contributed by atoms with Crippen LogP contribution in [0.4, 0.5) is 0 Å². The van der Waals surface area contributed by atoms with Gasteiger partial charge in [0.15, 0.2) is 0 Å². The van der Waals surface area contributed by atoms with E-state index in [-0.39, 0.29) is 18.3 Å². The maximum absolute atomic E-state index is 12.0. The topological polar surface area (TPSA) is 46.3 Å². The Labute approximate surface area is 107 Å². The van der Waals surface area contributed by atoms with Crippen LogP contribution < -0.4 is 5.73 Å². The molecule has 0 saturated carbocycles. The van der Waals surface area contributed by atoms with Gasteiger partial charge in [-0.15, -0.1) is 23.7 Å². The summed E-state index contributed by atoms with van der Waals surface area (Å²) in [6.07, 6.45) is 0. The summed E-state index contributed by atoms with van der Waals surface area (Å²) in [5.41, 5.74) is 5.11. The van der Waals surface area contributed by atoms with Gasteiger partial charge < -0.3 is 10.6 Å². The summed E-state index contributed by atoms with van der Waals surface area (Å²) in [5.74, 6) is 0.0957. The van der Waals surface area contributed by atoms with E-state index in [1.165, 1.54) is 4.88 Å². The van der Waals surface area contributed by atoms with Gasteiger partial charge in [0, 0.05) is 18.5 Å². The quantitative estimate of drug-likeness (QED) is 0.904. The maximum Gasteiger partial charge on any atom is 0.229 e. The van der Waals surface area contributed by atoms with Crippen LogP contribution in [-0.2, 0) is 11.3 Å². The molecule has 0 radical (unpaired) electrons. The van der Waals surface area contributed by atoms with E-state index in [1.807, 2.05) is 38.4 Å². The Bertz CT molecular complexity index is 325. The second-order valence-corrected chi connectivity index (χ2v) is 5.36. The third-order valence-corrected chi connectivity index (χ3v) is 3.27. The first-order chi connectivity index (χ1) is 6.97. The fraction of sp³-hybridized carbons (Fsp3) is 0.545. The van der Waals surface area contributed by atoms with Crippen molar-refractivity contribution in [1.82, 2.24) is 4.90 Å². The van der Waals surface area contributed by atoms with E-state index >= 15 is 0 Å². The predicted octanol–water partition coefficient (Wildman–Crippen LogP) is 2.11. The molecule has 0 bridgehead atoms. The number of nitrogens with two attached hydrogens (primary N) is 1. The molecule has 1 aromatic rings. The Balaban J connectivity index is 0.00000225. The molecule has 16 heavy (non-hydrogen) atoms. The van der Waals surface area contributed by atoms with E-state index in [0.29, 0.717) is 13.1 Å². The average molecular weight is 263 g/mol. The highest BCUT2D eigenvalue weighted by Crippen LogP contribution is 2.19. The molecule has 1 aromatic heterocycles. The smallest absolute Gasteiger partial charge is 0.229 e. The molecule has 3 nitrogen and oxygen atoms in total. The standard InChI is InChI=1S/C11H18N2OS.ClH/c1-11(2,8-12)10(14)13(3)7-9-5-4-6-15-9;/h4-6H,7-8,12H2,1-3H3;1H. The summed E-state index contributed by atoms with van der Waals surface area (Å²) in [5, 5.41) is 2.02. The number of hydrogen-bond acceptors (Lipinski definition) is 3. The van der Waals surface area contributed by atoms with Crippen LogP contribution >= 0.6 is 23.7 Å². The minimum atomic E-state index is -0.466. The lowest BCUT2D eigenvalue weighted by molar-refractivity contribution is -0.138. The van der Waals surface area contributed by atoms with E-state index in [4.69, 9.17) is 5.73 Å². The number of carbonyl (C=O) groups is 1. The third-order valence-electron chi connectivity index (χ3n) is 2.41. The van der Waals surface area contributed by atoms with Crippen LogP contribution in [0.3, 0.4) is 0 Å². The maximum atomic E-state index is 12.0. The van der Waals surface area contributed by atoms with E-state index in [2.05, 4.69) is 0 Å². The molecule has 1 heterocycles. The number of rotatable bonds is 4. The first-order valence-corrected chi connectivity index (χ1v) is 5.83. The van der Waals surface area contributed by atoms with E-state index in [1.54, 1.807) is 16.2 Å². The molecule has 92 valence electrons. The number of carbonyl (C=O) groups excluding carboxylic acids is 1. The van der Waals surface area contributed by atoms with Crippen LogP contribution in [-0.4, -0.2) is 24.4 Å². The van der Waals surface area contributed by atoms with Gasteiger partial charge in [0.2, 0.25) is 5.91 Å². The van der Waals surface area contributed by atoms with Gasteiger partial charge in [0.25, 0.3) is 0 Å². The minimum Gasteiger partial charge on any atom is -0.340 e. The fourth-order valence-electron chi connectivity index (χ4n) is 1.31. The molecule has 5 heteroatoms. The van der Waals surface area contributed by atoms with Crippen molar-refractivity contribution >= 4 is 29.7 Å². The van der Waals surface area contributed by atoms with Crippen LogP contribution in [0.15, 0.2) is 17.5 Å². The molecule has 0 aliphatic carbocycles. The van der Waals surface area contributed by atoms with Gasteiger partial charge in [-0.05, 0) is 25.3 Å². The van der Waals surface area contributed by atoms with Crippen molar-refractivity contribution in [2.24, 2.45) is 11.1 Å². The molecule has 2 N–H and O–H groups in total. The number of amides is 1. The molecular formula is C11H19ClN2OS. The molecule has 0 aromatic carbocycles. The highest BCUT2D eigenvalue weighted by molar-refractivity contribution is 7.09. The Morgan fingerprint density at radius 2 is 2.19 bits per heavy atom. The van der Waals surface area contributed by atoms with Crippen molar-refractivity contribution in [3.63, 3.8) is 0 Å². The monoisotopic (exact) mass is 262 g/mol. The van der Waals surface area contributed by atoms with Crippen molar-refractivity contribution in [1.29, 1.82) is 0 Å². The Kier molecular flexibility index (Phi) is 6.00. The second-order valence-electron chi connectivity index (χ2n) is 4.33. The highest BCUT2D eigenvalue weighted by Gasteiger charge is 2.28. The largest absolute Gasteiger partial charge is 0.340 e. The average Bonchev–Trinajstić information content (AvgIpc) is 2.69. The summed E-state index contributed by atoms with van der Waals surface area (Å²) in [6.45, 7) is 4.79. The molecule has 1 rings (SSSR count). The van der Waals surface area contributed by atoms with Gasteiger partial charge in [-0.1, -0.05) is 6.07 Å².